The van der Waals surface area contributed by atoms with Gasteiger partial charge in [-0.1, -0.05) is 134 Å². The highest BCUT2D eigenvalue weighted by Crippen LogP contribution is 2.59. The third-order valence-electron chi connectivity index (χ3n) is 12.8. The van der Waals surface area contributed by atoms with E-state index in [1.807, 2.05) is 0 Å². The van der Waals surface area contributed by atoms with Crippen LogP contribution in [0.1, 0.15) is 100 Å². The summed E-state index contributed by atoms with van der Waals surface area (Å²) < 4.78 is 23.7. The smallest absolute Gasteiger partial charge is 0.264 e. The van der Waals surface area contributed by atoms with Crippen LogP contribution in [0.5, 0.6) is 0 Å². The average molecular weight is 725 g/mol. The Morgan fingerprint density at radius 1 is 0.542 bits per heavy atom. The van der Waals surface area contributed by atoms with Gasteiger partial charge < -0.3 is 13.3 Å². The molecule has 48 heavy (non-hydrogen) atoms. The number of hydrogen-bond donors (Lipinski definition) is 0. The first-order valence-corrected chi connectivity index (χ1v) is 29.7. The van der Waals surface area contributed by atoms with Crippen LogP contribution in [0, 0.1) is 0 Å². The molecule has 270 valence electrons. The summed E-state index contributed by atoms with van der Waals surface area (Å²) in [5.74, 6) is 0. The molecule has 2 aromatic carbocycles. The third kappa shape index (κ3) is 7.35. The van der Waals surface area contributed by atoms with Gasteiger partial charge in [-0.15, -0.1) is 13.2 Å². The van der Waals surface area contributed by atoms with Crippen LogP contribution in [0.15, 0.2) is 85.2 Å². The van der Waals surface area contributed by atoms with E-state index in [1.54, 1.807) is 0 Å². The molecule has 0 saturated carbocycles. The molecule has 0 unspecified atom stereocenters. The van der Waals surface area contributed by atoms with E-state index in [2.05, 4.69) is 180 Å². The van der Waals surface area contributed by atoms with E-state index in [9.17, 15) is 0 Å². The van der Waals surface area contributed by atoms with Gasteiger partial charge in [-0.2, -0.15) is 0 Å². The molecule has 1 atom stereocenters. The Hall–Kier alpha value is -1.33. The van der Waals surface area contributed by atoms with Crippen LogP contribution < -0.4 is 10.4 Å². The summed E-state index contributed by atoms with van der Waals surface area (Å²) in [6, 6.07) is 22.6. The van der Waals surface area contributed by atoms with Crippen LogP contribution in [0.2, 0.25) is 44.3 Å². The van der Waals surface area contributed by atoms with Crippen molar-refractivity contribution in [1.82, 2.24) is 0 Å². The zero-order chi connectivity index (χ0) is 36.7. The van der Waals surface area contributed by atoms with E-state index >= 15 is 0 Å². The quantitative estimate of drug-likeness (QED) is 0.120. The van der Waals surface area contributed by atoms with E-state index in [-0.39, 0.29) is 15.5 Å². The van der Waals surface area contributed by atoms with Gasteiger partial charge in [-0.3, -0.25) is 0 Å². The van der Waals surface area contributed by atoms with Gasteiger partial charge >= 0.3 is 0 Å². The van der Waals surface area contributed by atoms with Gasteiger partial charge in [0.2, 0.25) is 16.6 Å². The van der Waals surface area contributed by atoms with Gasteiger partial charge in [-0.25, -0.2) is 0 Å². The van der Waals surface area contributed by atoms with Crippen LogP contribution in [-0.2, 0) is 13.3 Å². The molecule has 0 N–H and O–H groups in total. The van der Waals surface area contributed by atoms with Crippen molar-refractivity contribution in [2.24, 2.45) is 0 Å². The molecule has 0 bridgehead atoms. The molecule has 0 aliphatic carbocycles. The molecular weight excluding hydrogens is 653 g/mol. The van der Waals surface area contributed by atoms with Crippen LogP contribution in [0.3, 0.4) is 0 Å². The van der Waals surface area contributed by atoms with E-state index in [0.29, 0.717) is 0 Å². The zero-order valence-electron chi connectivity index (χ0n) is 33.5. The van der Waals surface area contributed by atoms with Gasteiger partial charge in [-0.05, 0) is 88.4 Å². The summed E-state index contributed by atoms with van der Waals surface area (Å²) in [4.78, 5) is 0. The maximum absolute atomic E-state index is 8.43. The van der Waals surface area contributed by atoms with E-state index in [4.69, 9.17) is 13.3 Å². The van der Waals surface area contributed by atoms with Crippen LogP contribution in [-0.4, -0.2) is 49.1 Å². The Labute approximate surface area is 301 Å². The molecule has 0 heterocycles. The fourth-order valence-electron chi connectivity index (χ4n) is 9.14. The number of benzene rings is 2. The first kappa shape index (κ1) is 42.8. The van der Waals surface area contributed by atoms with Crippen LogP contribution in [0.25, 0.3) is 0 Å². The second-order valence-corrected chi connectivity index (χ2v) is 32.1. The van der Waals surface area contributed by atoms with E-state index in [1.165, 1.54) is 10.4 Å². The maximum Gasteiger partial charge on any atom is 0.264 e. The Morgan fingerprint density at radius 2 is 0.958 bits per heavy atom. The Morgan fingerprint density at radius 3 is 1.27 bits per heavy atom. The molecule has 3 nitrogen and oxygen atoms in total. The predicted octanol–water partition coefficient (Wildman–Crippen LogP) is 11.3. The summed E-state index contributed by atoms with van der Waals surface area (Å²) in [6.07, 6.45) is 6.48. The maximum atomic E-state index is 8.43. The topological polar surface area (TPSA) is 27.7 Å². The first-order valence-electron chi connectivity index (χ1n) is 18.9. The van der Waals surface area contributed by atoms with Gasteiger partial charge in [0, 0.05) is 5.04 Å². The predicted molar refractivity (Wildman–Crippen MR) is 223 cm³/mol. The monoisotopic (exact) mass is 724 g/mol. The minimum absolute atomic E-state index is 0.302. The highest BCUT2D eigenvalue weighted by atomic mass is 28.4. The van der Waals surface area contributed by atoms with Crippen molar-refractivity contribution < 1.29 is 13.3 Å². The summed E-state index contributed by atoms with van der Waals surface area (Å²) in [6.45, 7) is 41.7. The summed E-state index contributed by atoms with van der Waals surface area (Å²) in [5, 5.41) is 1.71. The molecule has 0 aliphatic rings. The van der Waals surface area contributed by atoms with Crippen molar-refractivity contribution in [2.75, 3.05) is 0 Å². The van der Waals surface area contributed by atoms with Crippen LogP contribution >= 0.6 is 0 Å². The molecule has 2 aromatic rings. The Bertz CT molecular complexity index is 1260. The molecule has 0 fully saturated rings. The lowest BCUT2D eigenvalue weighted by Gasteiger charge is -2.63. The van der Waals surface area contributed by atoms with Crippen molar-refractivity contribution in [3.8, 4) is 0 Å². The Kier molecular flexibility index (Phi) is 14.6. The minimum atomic E-state index is -3.18. The molecule has 2 rings (SSSR count). The Balaban J connectivity index is 3.22. The highest BCUT2D eigenvalue weighted by Gasteiger charge is 2.68. The van der Waals surface area contributed by atoms with Crippen molar-refractivity contribution >= 4 is 43.4 Å². The van der Waals surface area contributed by atoms with Crippen molar-refractivity contribution in [2.45, 2.75) is 161 Å². The summed E-state index contributed by atoms with van der Waals surface area (Å²) in [5.41, 5.74) is 3.84. The lowest BCUT2D eigenvalue weighted by Crippen LogP contribution is -2.78. The lowest BCUT2D eigenvalue weighted by molar-refractivity contribution is -0.0214. The number of hydrogen-bond acceptors (Lipinski definition) is 3. The second-order valence-electron chi connectivity index (χ2n) is 15.7. The van der Waals surface area contributed by atoms with Gasteiger partial charge in [0.15, 0.2) is 0 Å². The highest BCUT2D eigenvalue weighted by molar-refractivity contribution is 7.01. The van der Waals surface area contributed by atoms with Gasteiger partial charge in [0.1, 0.15) is 8.07 Å². The van der Waals surface area contributed by atoms with Crippen molar-refractivity contribution in [1.29, 1.82) is 0 Å². The summed E-state index contributed by atoms with van der Waals surface area (Å²) in [7, 11) is -10.00. The molecule has 0 aliphatic heterocycles. The van der Waals surface area contributed by atoms with E-state index < -0.39 is 38.6 Å². The minimum Gasteiger partial charge on any atom is -0.409 e. The van der Waals surface area contributed by atoms with Crippen molar-refractivity contribution in [3.63, 3.8) is 0 Å². The molecule has 0 amide bonds. The zero-order valence-corrected chi connectivity index (χ0v) is 37.5. The first-order chi connectivity index (χ1) is 22.4. The third-order valence-corrected chi connectivity index (χ3v) is 28.8. The largest absolute Gasteiger partial charge is 0.409 e. The van der Waals surface area contributed by atoms with E-state index in [0.717, 1.165) is 44.9 Å². The SMILES string of the molecule is C=C[Si](C)(C)OC(CC)(CC)[Si](C)(C)O[C@@](C)(CC)C(CC)(CC)[Si](OC(CC)(CC)[Si](C)(C)C=C)(c1ccccc1)c1ccccc1. The lowest BCUT2D eigenvalue weighted by atomic mass is 9.81. The molecule has 7 heteroatoms. The van der Waals surface area contributed by atoms with Crippen molar-refractivity contribution in [3.05, 3.63) is 85.2 Å². The molecule has 0 radical (unpaired) electrons. The standard InChI is InChI=1S/C41H72O3Si4/c1-17-38(10,42-47(15,16)41(22-6,23-7)43-46(13,14)25-9)39(18-2,19-3)48(36-32-28-26-29-33-36,37-34-30-27-31-35-37)44-40(20-4,21-5)45(11,12)24-8/h24-35H,8-9,17-23H2,1-7,10-16H3/t38-/m0/s1. The fraction of sp³-hybridized carbons (Fsp3) is 0.610. The average Bonchev–Trinajstić information content (AvgIpc) is 3.09. The second kappa shape index (κ2) is 16.3. The number of rotatable bonds is 21. The van der Waals surface area contributed by atoms with Crippen LogP contribution in [0.4, 0.5) is 0 Å². The molecular formula is C41H72O3Si4. The summed E-state index contributed by atoms with van der Waals surface area (Å²) >= 11 is 0. The fourth-order valence-corrected chi connectivity index (χ4v) is 25.5. The molecule has 0 saturated heterocycles. The van der Waals surface area contributed by atoms with Gasteiger partial charge in [0.25, 0.3) is 8.32 Å². The molecule has 0 spiro atoms. The normalized spacial score (nSPS) is 15.2. The molecule has 0 aromatic heterocycles. The van der Waals surface area contributed by atoms with Gasteiger partial charge in [0.05, 0.1) is 16.0 Å².